The maximum absolute atomic E-state index is 12.0. The van der Waals surface area contributed by atoms with E-state index >= 15 is 0 Å². The van der Waals surface area contributed by atoms with Gasteiger partial charge >= 0.3 is 6.16 Å². The Balaban J connectivity index is 2.20. The van der Waals surface area contributed by atoms with Crippen LogP contribution in [0.25, 0.3) is 0 Å². The van der Waals surface area contributed by atoms with E-state index < -0.39 is 12.3 Å². The highest BCUT2D eigenvalue weighted by atomic mass is 16.7. The molecule has 0 aliphatic rings. The summed E-state index contributed by atoms with van der Waals surface area (Å²) in [6.45, 7) is 3.15. The van der Waals surface area contributed by atoms with Gasteiger partial charge in [0.15, 0.2) is 0 Å². The molecule has 0 radical (unpaired) electrons. The highest BCUT2D eigenvalue weighted by molar-refractivity contribution is 5.60. The Morgan fingerprint density at radius 3 is 2.19 bits per heavy atom. The molecule has 2 unspecified atom stereocenters. The second-order valence-electron chi connectivity index (χ2n) is 6.28. The Hall–Kier alpha value is -2.53. The minimum atomic E-state index is -0.662. The van der Waals surface area contributed by atoms with Crippen LogP contribution in [0.3, 0.4) is 0 Å². The summed E-state index contributed by atoms with van der Waals surface area (Å²) in [5, 5.41) is 0. The van der Waals surface area contributed by atoms with Crippen LogP contribution in [-0.2, 0) is 9.47 Å². The van der Waals surface area contributed by atoms with E-state index in [1.807, 2.05) is 74.8 Å². The molecule has 0 saturated carbocycles. The van der Waals surface area contributed by atoms with E-state index in [2.05, 4.69) is 4.90 Å². The number of rotatable bonds is 9. The summed E-state index contributed by atoms with van der Waals surface area (Å²) in [6, 6.07) is 19.3. The van der Waals surface area contributed by atoms with Gasteiger partial charge in [-0.2, -0.15) is 0 Å². The van der Waals surface area contributed by atoms with E-state index in [0.717, 1.165) is 11.3 Å². The van der Waals surface area contributed by atoms with E-state index in [0.29, 0.717) is 13.2 Å². The van der Waals surface area contributed by atoms with Gasteiger partial charge in [-0.25, -0.2) is 4.79 Å². The van der Waals surface area contributed by atoms with Crippen LogP contribution >= 0.6 is 0 Å². The van der Waals surface area contributed by atoms with Gasteiger partial charge in [-0.05, 0) is 38.7 Å². The number of para-hydroxylation sites is 1. The van der Waals surface area contributed by atoms with E-state index in [9.17, 15) is 4.79 Å². The minimum absolute atomic E-state index is 0.0583. The molecule has 0 bridgehead atoms. The van der Waals surface area contributed by atoms with Crippen LogP contribution in [-0.4, -0.2) is 44.9 Å². The van der Waals surface area contributed by atoms with Crippen molar-refractivity contribution in [1.29, 1.82) is 0 Å². The maximum Gasteiger partial charge on any atom is 0.508 e. The Morgan fingerprint density at radius 2 is 1.62 bits per heavy atom. The molecule has 2 aromatic rings. The number of nitrogens with zero attached hydrogens (tertiary/aromatic N) is 1. The zero-order valence-electron chi connectivity index (χ0n) is 15.6. The standard InChI is InChI=1S/C21H27NO4/c1-4-24-21(23)26-20(17-11-7-5-8-12-17)18(15-22(2)3)16-25-19-13-9-6-10-14-19/h5-14,18,20H,4,15-16H2,1-3H3. The van der Waals surface area contributed by atoms with Crippen molar-refractivity contribution in [3.8, 4) is 5.75 Å². The Labute approximate surface area is 155 Å². The molecule has 5 heteroatoms. The van der Waals surface area contributed by atoms with Crippen LogP contribution in [0.2, 0.25) is 0 Å². The molecular weight excluding hydrogens is 330 g/mol. The van der Waals surface area contributed by atoms with Gasteiger partial charge in [0.05, 0.1) is 13.2 Å². The summed E-state index contributed by atoms with van der Waals surface area (Å²) in [5.41, 5.74) is 0.920. The fraction of sp³-hybridized carbons (Fsp3) is 0.381. The van der Waals surface area contributed by atoms with Crippen LogP contribution in [0.4, 0.5) is 4.79 Å². The van der Waals surface area contributed by atoms with Crippen LogP contribution in [0.5, 0.6) is 5.75 Å². The summed E-state index contributed by atoms with van der Waals surface area (Å²) in [6.07, 6.45) is -1.12. The van der Waals surface area contributed by atoms with Gasteiger partial charge in [0.1, 0.15) is 11.9 Å². The molecule has 5 nitrogen and oxygen atoms in total. The third-order valence-corrected chi connectivity index (χ3v) is 3.85. The summed E-state index contributed by atoms with van der Waals surface area (Å²) >= 11 is 0. The topological polar surface area (TPSA) is 48.0 Å². The summed E-state index contributed by atoms with van der Waals surface area (Å²) in [7, 11) is 3.98. The van der Waals surface area contributed by atoms with Crippen LogP contribution in [0.1, 0.15) is 18.6 Å². The van der Waals surface area contributed by atoms with Crippen LogP contribution in [0.15, 0.2) is 60.7 Å². The van der Waals surface area contributed by atoms with Gasteiger partial charge < -0.3 is 19.1 Å². The Kier molecular flexibility index (Phi) is 7.96. The molecule has 0 spiro atoms. The van der Waals surface area contributed by atoms with Crippen molar-refractivity contribution in [2.75, 3.05) is 33.9 Å². The average molecular weight is 357 g/mol. The van der Waals surface area contributed by atoms with Crippen molar-refractivity contribution >= 4 is 6.16 Å². The number of carbonyl (C=O) groups is 1. The molecule has 2 aromatic carbocycles. The van der Waals surface area contributed by atoms with Gasteiger partial charge in [-0.15, -0.1) is 0 Å². The Bertz CT molecular complexity index is 646. The first-order valence-electron chi connectivity index (χ1n) is 8.81. The second-order valence-corrected chi connectivity index (χ2v) is 6.28. The number of carbonyl (C=O) groups excluding carboxylic acids is 1. The first-order chi connectivity index (χ1) is 12.6. The van der Waals surface area contributed by atoms with E-state index in [1.165, 1.54) is 0 Å². The van der Waals surface area contributed by atoms with Crippen molar-refractivity contribution in [2.45, 2.75) is 13.0 Å². The minimum Gasteiger partial charge on any atom is -0.493 e. The molecule has 26 heavy (non-hydrogen) atoms. The molecule has 0 N–H and O–H groups in total. The van der Waals surface area contributed by atoms with Gasteiger partial charge in [-0.1, -0.05) is 48.5 Å². The van der Waals surface area contributed by atoms with Gasteiger partial charge in [0.25, 0.3) is 0 Å². The Morgan fingerprint density at radius 1 is 1.00 bits per heavy atom. The quantitative estimate of drug-likeness (QED) is 0.631. The number of hydrogen-bond acceptors (Lipinski definition) is 5. The molecule has 0 aliphatic carbocycles. The first-order valence-corrected chi connectivity index (χ1v) is 8.81. The molecule has 2 atom stereocenters. The fourth-order valence-corrected chi connectivity index (χ4v) is 2.76. The molecule has 0 heterocycles. The lowest BCUT2D eigenvalue weighted by molar-refractivity contribution is -0.0115. The number of ether oxygens (including phenoxy) is 3. The summed E-state index contributed by atoms with van der Waals surface area (Å²) < 4.78 is 16.6. The monoisotopic (exact) mass is 357 g/mol. The van der Waals surface area contributed by atoms with E-state index in [-0.39, 0.29) is 12.5 Å². The van der Waals surface area contributed by atoms with Crippen molar-refractivity contribution < 1.29 is 19.0 Å². The zero-order chi connectivity index (χ0) is 18.8. The largest absolute Gasteiger partial charge is 0.508 e. The first kappa shape index (κ1) is 19.8. The normalized spacial score (nSPS) is 13.1. The highest BCUT2D eigenvalue weighted by Gasteiger charge is 2.29. The molecule has 0 aromatic heterocycles. The molecule has 140 valence electrons. The number of benzene rings is 2. The van der Waals surface area contributed by atoms with Crippen LogP contribution in [0, 0.1) is 5.92 Å². The van der Waals surface area contributed by atoms with E-state index in [1.54, 1.807) is 6.92 Å². The van der Waals surface area contributed by atoms with E-state index in [4.69, 9.17) is 14.2 Å². The molecule has 2 rings (SSSR count). The van der Waals surface area contributed by atoms with Gasteiger partial charge in [0.2, 0.25) is 0 Å². The predicted octanol–water partition coefficient (Wildman–Crippen LogP) is 4.16. The third kappa shape index (κ3) is 6.41. The second kappa shape index (κ2) is 10.5. The van der Waals surface area contributed by atoms with Crippen molar-refractivity contribution in [3.05, 3.63) is 66.2 Å². The summed E-state index contributed by atoms with van der Waals surface area (Å²) in [4.78, 5) is 14.1. The van der Waals surface area contributed by atoms with Crippen LogP contribution < -0.4 is 4.74 Å². The van der Waals surface area contributed by atoms with Crippen molar-refractivity contribution in [1.82, 2.24) is 4.90 Å². The van der Waals surface area contributed by atoms with Crippen molar-refractivity contribution in [3.63, 3.8) is 0 Å². The van der Waals surface area contributed by atoms with Gasteiger partial charge in [0, 0.05) is 12.5 Å². The van der Waals surface area contributed by atoms with Gasteiger partial charge in [-0.3, -0.25) is 0 Å². The number of hydrogen-bond donors (Lipinski definition) is 0. The lowest BCUT2D eigenvalue weighted by atomic mass is 9.95. The maximum atomic E-state index is 12.0. The molecule has 0 aliphatic heterocycles. The fourth-order valence-electron chi connectivity index (χ4n) is 2.76. The van der Waals surface area contributed by atoms with Crippen molar-refractivity contribution in [2.24, 2.45) is 5.92 Å². The molecule has 0 saturated heterocycles. The predicted molar refractivity (Wildman–Crippen MR) is 101 cm³/mol. The third-order valence-electron chi connectivity index (χ3n) is 3.85. The zero-order valence-corrected chi connectivity index (χ0v) is 15.6. The lowest BCUT2D eigenvalue weighted by Crippen LogP contribution is -2.33. The molecule has 0 fully saturated rings. The average Bonchev–Trinajstić information content (AvgIpc) is 2.65. The summed E-state index contributed by atoms with van der Waals surface area (Å²) in [5.74, 6) is 0.733. The smallest absolute Gasteiger partial charge is 0.493 e. The molecular formula is C21H27NO4. The highest BCUT2D eigenvalue weighted by Crippen LogP contribution is 2.28. The molecule has 0 amide bonds. The lowest BCUT2D eigenvalue weighted by Gasteiger charge is -2.29. The SMILES string of the molecule is CCOC(=O)OC(c1ccccc1)C(COc1ccccc1)CN(C)C.